The molecule has 1 saturated carbocycles. The number of rotatable bonds is 4. The van der Waals surface area contributed by atoms with Crippen LogP contribution in [0.5, 0.6) is 0 Å². The zero-order valence-electron chi connectivity index (χ0n) is 12.6. The van der Waals surface area contributed by atoms with Crippen LogP contribution in [0.3, 0.4) is 0 Å². The van der Waals surface area contributed by atoms with Crippen LogP contribution < -0.4 is 11.1 Å². The molecule has 0 radical (unpaired) electrons. The average Bonchev–Trinajstić information content (AvgIpc) is 2.86. The first-order chi connectivity index (χ1) is 10.1. The Labute approximate surface area is 124 Å². The molecule has 6 nitrogen and oxygen atoms in total. The van der Waals surface area contributed by atoms with Gasteiger partial charge in [0.1, 0.15) is 23.6 Å². The molecule has 3 N–H and O–H groups in total. The molecule has 1 aromatic heterocycles. The Bertz CT molecular complexity index is 516. The second-order valence-corrected chi connectivity index (χ2v) is 5.35. The van der Waals surface area contributed by atoms with Gasteiger partial charge in [-0.2, -0.15) is 0 Å². The van der Waals surface area contributed by atoms with Gasteiger partial charge in [-0.25, -0.2) is 9.79 Å². The summed E-state index contributed by atoms with van der Waals surface area (Å²) in [6, 6.07) is 2.07. The van der Waals surface area contributed by atoms with Crippen LogP contribution in [-0.2, 0) is 11.3 Å². The number of furan rings is 1. The van der Waals surface area contributed by atoms with Crippen molar-refractivity contribution in [2.24, 2.45) is 10.7 Å². The summed E-state index contributed by atoms with van der Waals surface area (Å²) >= 11 is 0. The van der Waals surface area contributed by atoms with E-state index >= 15 is 0 Å². The summed E-state index contributed by atoms with van der Waals surface area (Å²) in [5.41, 5.74) is 6.32. The standard InChI is InChI=1S/C15H23N3O3/c1-10-13(14(19)20-2)8-12(21-10)9-17-15(16)18-11-6-4-3-5-7-11/h8,11H,3-7,9H2,1-2H3,(H3,16,17,18). The van der Waals surface area contributed by atoms with E-state index in [1.165, 1.54) is 26.4 Å². The normalized spacial score (nSPS) is 16.8. The average molecular weight is 293 g/mol. The van der Waals surface area contributed by atoms with E-state index in [9.17, 15) is 4.79 Å². The lowest BCUT2D eigenvalue weighted by Gasteiger charge is -2.23. The minimum atomic E-state index is -0.403. The van der Waals surface area contributed by atoms with Crippen molar-refractivity contribution in [2.75, 3.05) is 7.11 Å². The summed E-state index contributed by atoms with van der Waals surface area (Å²) in [7, 11) is 1.35. The SMILES string of the molecule is COC(=O)c1cc(CN=C(N)NC2CCCCC2)oc1C. The van der Waals surface area contributed by atoms with Gasteiger partial charge in [0.15, 0.2) is 5.96 Å². The third-order valence-electron chi connectivity index (χ3n) is 3.74. The number of carbonyl (C=O) groups excluding carboxylic acids is 1. The number of hydrogen-bond acceptors (Lipinski definition) is 4. The Kier molecular flexibility index (Phi) is 5.25. The van der Waals surface area contributed by atoms with Crippen molar-refractivity contribution >= 4 is 11.9 Å². The second kappa shape index (κ2) is 7.15. The van der Waals surface area contributed by atoms with Crippen LogP contribution in [-0.4, -0.2) is 25.1 Å². The summed E-state index contributed by atoms with van der Waals surface area (Å²) in [5.74, 6) is 1.16. The molecule has 1 fully saturated rings. The van der Waals surface area contributed by atoms with Crippen LogP contribution in [0.1, 0.15) is 54.0 Å². The lowest BCUT2D eigenvalue weighted by molar-refractivity contribution is 0.0599. The Hall–Kier alpha value is -1.98. The molecule has 2 rings (SSSR count). The zero-order valence-corrected chi connectivity index (χ0v) is 12.6. The van der Waals surface area contributed by atoms with E-state index in [0.717, 1.165) is 12.8 Å². The predicted molar refractivity (Wildman–Crippen MR) is 80.1 cm³/mol. The molecular weight excluding hydrogens is 270 g/mol. The highest BCUT2D eigenvalue weighted by molar-refractivity contribution is 5.90. The number of methoxy groups -OCH3 is 1. The number of aryl methyl sites for hydroxylation is 1. The summed E-state index contributed by atoms with van der Waals surface area (Å²) in [6.45, 7) is 2.03. The van der Waals surface area contributed by atoms with Crippen molar-refractivity contribution in [3.63, 3.8) is 0 Å². The van der Waals surface area contributed by atoms with Crippen LogP contribution in [0.15, 0.2) is 15.5 Å². The molecule has 6 heteroatoms. The van der Waals surface area contributed by atoms with E-state index in [2.05, 4.69) is 15.0 Å². The Morgan fingerprint density at radius 3 is 2.86 bits per heavy atom. The Balaban J connectivity index is 1.91. The number of ether oxygens (including phenoxy) is 1. The largest absolute Gasteiger partial charge is 0.465 e. The molecule has 0 amide bonds. The molecule has 116 valence electrons. The number of nitrogens with two attached hydrogens (primary N) is 1. The molecule has 0 unspecified atom stereocenters. The topological polar surface area (TPSA) is 89.8 Å². The van der Waals surface area contributed by atoms with E-state index in [4.69, 9.17) is 10.2 Å². The summed E-state index contributed by atoms with van der Waals surface area (Å²) in [4.78, 5) is 15.8. The molecule has 1 aliphatic rings. The molecule has 0 aliphatic heterocycles. The van der Waals surface area contributed by atoms with Crippen LogP contribution in [0.25, 0.3) is 0 Å². The quantitative estimate of drug-likeness (QED) is 0.504. The molecule has 0 spiro atoms. The number of guanidine groups is 1. The highest BCUT2D eigenvalue weighted by Crippen LogP contribution is 2.18. The predicted octanol–water partition coefficient (Wildman–Crippen LogP) is 2.11. The van der Waals surface area contributed by atoms with Crippen LogP contribution in [0.2, 0.25) is 0 Å². The van der Waals surface area contributed by atoms with Gasteiger partial charge in [0.2, 0.25) is 0 Å². The maximum Gasteiger partial charge on any atom is 0.341 e. The maximum absolute atomic E-state index is 11.5. The summed E-state index contributed by atoms with van der Waals surface area (Å²) < 4.78 is 10.2. The summed E-state index contributed by atoms with van der Waals surface area (Å²) in [6.07, 6.45) is 6.07. The monoisotopic (exact) mass is 293 g/mol. The van der Waals surface area contributed by atoms with Gasteiger partial charge >= 0.3 is 5.97 Å². The summed E-state index contributed by atoms with van der Waals surface area (Å²) in [5, 5.41) is 3.24. The first-order valence-corrected chi connectivity index (χ1v) is 7.34. The van der Waals surface area contributed by atoms with Gasteiger partial charge in [-0.05, 0) is 25.8 Å². The van der Waals surface area contributed by atoms with Crippen molar-refractivity contribution < 1.29 is 13.9 Å². The van der Waals surface area contributed by atoms with E-state index in [-0.39, 0.29) is 0 Å². The molecule has 0 saturated heterocycles. The molecule has 1 heterocycles. The molecule has 0 aromatic carbocycles. The number of hydrogen-bond donors (Lipinski definition) is 2. The molecule has 21 heavy (non-hydrogen) atoms. The van der Waals surface area contributed by atoms with Crippen molar-refractivity contribution in [3.8, 4) is 0 Å². The highest BCUT2D eigenvalue weighted by atomic mass is 16.5. The third-order valence-corrected chi connectivity index (χ3v) is 3.74. The number of nitrogens with one attached hydrogen (secondary N) is 1. The van der Waals surface area contributed by atoms with Gasteiger partial charge in [-0.3, -0.25) is 0 Å². The van der Waals surface area contributed by atoms with E-state index in [0.29, 0.717) is 35.6 Å². The zero-order chi connectivity index (χ0) is 15.2. The van der Waals surface area contributed by atoms with Gasteiger partial charge < -0.3 is 20.2 Å². The first kappa shape index (κ1) is 15.4. The maximum atomic E-state index is 11.5. The fourth-order valence-corrected chi connectivity index (χ4v) is 2.60. The lowest BCUT2D eigenvalue weighted by Crippen LogP contribution is -2.41. The van der Waals surface area contributed by atoms with Crippen LogP contribution in [0, 0.1) is 6.92 Å². The first-order valence-electron chi connectivity index (χ1n) is 7.34. The van der Waals surface area contributed by atoms with Crippen molar-refractivity contribution in [1.82, 2.24) is 5.32 Å². The molecule has 0 bridgehead atoms. The molecule has 1 aliphatic carbocycles. The van der Waals surface area contributed by atoms with Crippen molar-refractivity contribution in [3.05, 3.63) is 23.2 Å². The number of esters is 1. The minimum Gasteiger partial charge on any atom is -0.465 e. The van der Waals surface area contributed by atoms with E-state index < -0.39 is 5.97 Å². The van der Waals surface area contributed by atoms with E-state index in [1.807, 2.05) is 0 Å². The number of aliphatic imine (C=N–C) groups is 1. The van der Waals surface area contributed by atoms with E-state index in [1.54, 1.807) is 13.0 Å². The van der Waals surface area contributed by atoms with Gasteiger partial charge in [-0.15, -0.1) is 0 Å². The van der Waals surface area contributed by atoms with Crippen LogP contribution in [0.4, 0.5) is 0 Å². The minimum absolute atomic E-state index is 0.309. The highest BCUT2D eigenvalue weighted by Gasteiger charge is 2.16. The van der Waals surface area contributed by atoms with Gasteiger partial charge in [0.25, 0.3) is 0 Å². The lowest BCUT2D eigenvalue weighted by atomic mass is 9.96. The second-order valence-electron chi connectivity index (χ2n) is 5.35. The fraction of sp³-hybridized carbons (Fsp3) is 0.600. The molecular formula is C15H23N3O3. The van der Waals surface area contributed by atoms with Gasteiger partial charge in [0, 0.05) is 6.04 Å². The molecule has 0 atom stereocenters. The van der Waals surface area contributed by atoms with Gasteiger partial charge in [0.05, 0.1) is 7.11 Å². The fourth-order valence-electron chi connectivity index (χ4n) is 2.60. The number of nitrogens with zero attached hydrogens (tertiary/aromatic N) is 1. The number of carbonyl (C=O) groups is 1. The smallest absolute Gasteiger partial charge is 0.341 e. The Morgan fingerprint density at radius 1 is 1.48 bits per heavy atom. The van der Waals surface area contributed by atoms with Crippen molar-refractivity contribution in [1.29, 1.82) is 0 Å². The van der Waals surface area contributed by atoms with Gasteiger partial charge in [-0.1, -0.05) is 19.3 Å². The Morgan fingerprint density at radius 2 is 2.19 bits per heavy atom. The van der Waals surface area contributed by atoms with Crippen LogP contribution >= 0.6 is 0 Å². The van der Waals surface area contributed by atoms with Crippen molar-refractivity contribution in [2.45, 2.75) is 51.6 Å². The molecule has 1 aromatic rings. The third kappa shape index (κ3) is 4.24.